The van der Waals surface area contributed by atoms with E-state index in [9.17, 15) is 9.59 Å². The molecule has 3 aliphatic heterocycles. The van der Waals surface area contributed by atoms with E-state index in [1.807, 2.05) is 4.90 Å². The zero-order valence-electron chi connectivity index (χ0n) is 20.2. The second kappa shape index (κ2) is 13.3. The molecule has 0 aliphatic carbocycles. The Labute approximate surface area is 193 Å². The van der Waals surface area contributed by atoms with E-state index in [2.05, 4.69) is 26.5 Å². The van der Waals surface area contributed by atoms with Crippen LogP contribution in [0.25, 0.3) is 0 Å². The molecule has 3 saturated heterocycles. The van der Waals surface area contributed by atoms with Crippen molar-refractivity contribution in [2.45, 2.75) is 38.7 Å². The summed E-state index contributed by atoms with van der Waals surface area (Å²) in [6, 6.07) is 0. The monoisotopic (exact) mass is 453 g/mol. The first-order chi connectivity index (χ1) is 15.6. The molecule has 0 aromatic heterocycles. The maximum absolute atomic E-state index is 12.3. The third-order valence-corrected chi connectivity index (χ3v) is 6.89. The van der Waals surface area contributed by atoms with E-state index in [0.717, 1.165) is 65.2 Å². The first kappa shape index (κ1) is 25.2. The van der Waals surface area contributed by atoms with Crippen LogP contribution in [0.15, 0.2) is 0 Å². The van der Waals surface area contributed by atoms with Crippen molar-refractivity contribution in [3.63, 3.8) is 0 Å². The average molecular weight is 454 g/mol. The molecule has 3 fully saturated rings. The van der Waals surface area contributed by atoms with Gasteiger partial charge in [-0.25, -0.2) is 4.79 Å². The number of ether oxygens (including phenoxy) is 2. The van der Waals surface area contributed by atoms with Crippen LogP contribution in [-0.4, -0.2) is 141 Å². The van der Waals surface area contributed by atoms with E-state index < -0.39 is 0 Å². The molecule has 9 nitrogen and oxygen atoms in total. The van der Waals surface area contributed by atoms with Gasteiger partial charge in [0.2, 0.25) is 0 Å². The molecule has 9 heteroatoms. The van der Waals surface area contributed by atoms with Gasteiger partial charge in [0.1, 0.15) is 6.10 Å². The highest BCUT2D eigenvalue weighted by Gasteiger charge is 2.32. The van der Waals surface area contributed by atoms with Crippen LogP contribution in [0.5, 0.6) is 0 Å². The molecule has 3 heterocycles. The highest BCUT2D eigenvalue weighted by molar-refractivity contribution is 5.70. The highest BCUT2D eigenvalue weighted by atomic mass is 16.6. The number of nitrogens with zero attached hydrogens (tertiary/aromatic N) is 5. The Morgan fingerprint density at radius 1 is 0.875 bits per heavy atom. The fourth-order valence-electron chi connectivity index (χ4n) is 4.88. The summed E-state index contributed by atoms with van der Waals surface area (Å²) in [4.78, 5) is 35.2. The summed E-state index contributed by atoms with van der Waals surface area (Å²) in [5, 5.41) is 0. The first-order valence-electron chi connectivity index (χ1n) is 12.5. The number of methoxy groups -OCH3 is 1. The number of amides is 1. The minimum Gasteiger partial charge on any atom is -0.469 e. The number of carbonyl (C=O) groups is 2. The molecule has 32 heavy (non-hydrogen) atoms. The van der Waals surface area contributed by atoms with E-state index in [0.29, 0.717) is 13.0 Å². The Morgan fingerprint density at radius 2 is 1.44 bits per heavy atom. The molecule has 3 aliphatic rings. The highest BCUT2D eigenvalue weighted by Crippen LogP contribution is 2.15. The van der Waals surface area contributed by atoms with Gasteiger partial charge in [-0.1, -0.05) is 6.92 Å². The molecule has 0 radical (unpaired) electrons. The van der Waals surface area contributed by atoms with Crippen molar-refractivity contribution in [3.8, 4) is 0 Å². The molecule has 0 aromatic rings. The molecule has 3 rings (SSSR count). The normalized spacial score (nSPS) is 24.1. The summed E-state index contributed by atoms with van der Waals surface area (Å²) in [5.74, 6) is -0.153. The van der Waals surface area contributed by atoms with Gasteiger partial charge in [-0.2, -0.15) is 0 Å². The standard InChI is InChI=1S/C23H43N5O4/c1-3-7-24-11-13-25(14-12-24)8-4-5-9-28-20-21(32-23(28)30)19-27-17-15-26(16-18-27)10-6-22(29)31-2/h21H,3-20H2,1-2H3. The predicted molar refractivity (Wildman–Crippen MR) is 124 cm³/mol. The van der Waals surface area contributed by atoms with Crippen LogP contribution in [-0.2, 0) is 14.3 Å². The van der Waals surface area contributed by atoms with Crippen LogP contribution in [0.1, 0.15) is 32.6 Å². The second-order valence-electron chi connectivity index (χ2n) is 9.31. The lowest BCUT2D eigenvalue weighted by atomic mass is 10.2. The summed E-state index contributed by atoms with van der Waals surface area (Å²) in [6.07, 6.45) is 3.67. The SMILES string of the molecule is CCCN1CCN(CCCCN2CC(CN3CCN(CCC(=O)OC)CC3)OC2=O)CC1. The van der Waals surface area contributed by atoms with Gasteiger partial charge >= 0.3 is 12.1 Å². The summed E-state index contributed by atoms with van der Waals surface area (Å²) in [5.41, 5.74) is 0. The molecular formula is C23H43N5O4. The lowest BCUT2D eigenvalue weighted by Gasteiger charge is -2.35. The lowest BCUT2D eigenvalue weighted by molar-refractivity contribution is -0.141. The Hall–Kier alpha value is -1.42. The Kier molecular flexibility index (Phi) is 10.5. The van der Waals surface area contributed by atoms with Crippen LogP contribution in [0.3, 0.4) is 0 Å². The van der Waals surface area contributed by atoms with Crippen LogP contribution in [0.4, 0.5) is 4.79 Å². The number of rotatable bonds is 12. The van der Waals surface area contributed by atoms with E-state index in [-0.39, 0.29) is 18.2 Å². The third kappa shape index (κ3) is 8.17. The average Bonchev–Trinajstić information content (AvgIpc) is 3.16. The van der Waals surface area contributed by atoms with Crippen molar-refractivity contribution in [2.75, 3.05) is 98.7 Å². The summed E-state index contributed by atoms with van der Waals surface area (Å²) < 4.78 is 10.3. The van der Waals surface area contributed by atoms with Gasteiger partial charge in [-0.3, -0.25) is 9.69 Å². The van der Waals surface area contributed by atoms with Crippen molar-refractivity contribution in [1.82, 2.24) is 24.5 Å². The topological polar surface area (TPSA) is 68.8 Å². The Morgan fingerprint density at radius 3 is 2.06 bits per heavy atom. The van der Waals surface area contributed by atoms with Crippen LogP contribution < -0.4 is 0 Å². The first-order valence-corrected chi connectivity index (χ1v) is 12.5. The molecule has 0 spiro atoms. The Balaban J connectivity index is 1.24. The molecule has 0 saturated carbocycles. The Bertz CT molecular complexity index is 577. The van der Waals surface area contributed by atoms with E-state index in [4.69, 9.17) is 9.47 Å². The fraction of sp³-hybridized carbons (Fsp3) is 0.913. The summed E-state index contributed by atoms with van der Waals surface area (Å²) >= 11 is 0. The maximum Gasteiger partial charge on any atom is 0.410 e. The van der Waals surface area contributed by atoms with Crippen molar-refractivity contribution in [1.29, 1.82) is 0 Å². The second-order valence-corrected chi connectivity index (χ2v) is 9.31. The fourth-order valence-corrected chi connectivity index (χ4v) is 4.88. The van der Waals surface area contributed by atoms with E-state index in [1.165, 1.54) is 46.3 Å². The van der Waals surface area contributed by atoms with Gasteiger partial charge < -0.3 is 29.1 Å². The van der Waals surface area contributed by atoms with Crippen molar-refractivity contribution in [2.24, 2.45) is 0 Å². The number of cyclic esters (lactones) is 1. The number of hydrogen-bond acceptors (Lipinski definition) is 8. The molecular weight excluding hydrogens is 410 g/mol. The zero-order chi connectivity index (χ0) is 22.8. The van der Waals surface area contributed by atoms with Crippen molar-refractivity contribution >= 4 is 12.1 Å². The largest absolute Gasteiger partial charge is 0.469 e. The van der Waals surface area contributed by atoms with Crippen LogP contribution in [0, 0.1) is 0 Å². The van der Waals surface area contributed by atoms with Crippen molar-refractivity contribution < 1.29 is 19.1 Å². The number of piperazine rings is 2. The molecule has 1 atom stereocenters. The lowest BCUT2D eigenvalue weighted by Crippen LogP contribution is -2.49. The van der Waals surface area contributed by atoms with Gasteiger partial charge in [0.05, 0.1) is 20.1 Å². The molecule has 0 aromatic carbocycles. The van der Waals surface area contributed by atoms with Gasteiger partial charge in [0.15, 0.2) is 0 Å². The minimum absolute atomic E-state index is 0.0317. The molecule has 184 valence electrons. The van der Waals surface area contributed by atoms with Gasteiger partial charge in [0.25, 0.3) is 0 Å². The van der Waals surface area contributed by atoms with E-state index >= 15 is 0 Å². The smallest absolute Gasteiger partial charge is 0.410 e. The van der Waals surface area contributed by atoms with Crippen molar-refractivity contribution in [3.05, 3.63) is 0 Å². The van der Waals surface area contributed by atoms with Gasteiger partial charge in [-0.15, -0.1) is 0 Å². The van der Waals surface area contributed by atoms with Crippen LogP contribution in [0.2, 0.25) is 0 Å². The number of esters is 1. The van der Waals surface area contributed by atoms with Crippen LogP contribution >= 0.6 is 0 Å². The molecule has 1 amide bonds. The van der Waals surface area contributed by atoms with E-state index in [1.54, 1.807) is 0 Å². The predicted octanol–water partition coefficient (Wildman–Crippen LogP) is 0.796. The minimum atomic E-state index is -0.153. The maximum atomic E-state index is 12.3. The quantitative estimate of drug-likeness (QED) is 0.318. The van der Waals surface area contributed by atoms with Gasteiger partial charge in [0, 0.05) is 72.0 Å². The molecule has 0 bridgehead atoms. The molecule has 0 N–H and O–H groups in total. The molecule has 1 unspecified atom stereocenters. The summed E-state index contributed by atoms with van der Waals surface area (Å²) in [6.45, 7) is 16.1. The summed E-state index contributed by atoms with van der Waals surface area (Å²) in [7, 11) is 1.43. The number of carbonyl (C=O) groups excluding carboxylic acids is 2. The number of unbranched alkanes of at least 4 members (excludes halogenated alkanes) is 1. The third-order valence-electron chi connectivity index (χ3n) is 6.89. The number of hydrogen-bond donors (Lipinski definition) is 0. The van der Waals surface area contributed by atoms with Gasteiger partial charge in [-0.05, 0) is 32.4 Å². The zero-order valence-corrected chi connectivity index (χ0v) is 20.2.